The van der Waals surface area contributed by atoms with Gasteiger partial charge in [-0.05, 0) is 59.3 Å². The van der Waals surface area contributed by atoms with E-state index in [1.165, 1.54) is 12.1 Å². The molecule has 3 unspecified atom stereocenters. The van der Waals surface area contributed by atoms with Crippen LogP contribution in [-0.4, -0.2) is 18.9 Å². The van der Waals surface area contributed by atoms with Crippen LogP contribution in [0.1, 0.15) is 37.6 Å². The molecule has 0 amide bonds. The van der Waals surface area contributed by atoms with Crippen LogP contribution in [0.25, 0.3) is 0 Å². The summed E-state index contributed by atoms with van der Waals surface area (Å²) in [6, 6.07) is 6.39. The molecule has 1 heterocycles. The summed E-state index contributed by atoms with van der Waals surface area (Å²) >= 11 is 3.59. The van der Waals surface area contributed by atoms with E-state index in [4.69, 9.17) is 0 Å². The van der Waals surface area contributed by atoms with Gasteiger partial charge in [0.15, 0.2) is 0 Å². The van der Waals surface area contributed by atoms with E-state index in [2.05, 4.69) is 47.7 Å². The molecule has 0 bridgehead atoms. The first-order valence-electron chi connectivity index (χ1n) is 6.54. The Labute approximate surface area is 117 Å². The van der Waals surface area contributed by atoms with Gasteiger partial charge >= 0.3 is 0 Å². The summed E-state index contributed by atoms with van der Waals surface area (Å²) in [5.41, 5.74) is 1.92. The minimum absolute atomic E-state index is 0.541. The number of aldehydes is 1. The van der Waals surface area contributed by atoms with E-state index in [9.17, 15) is 4.79 Å². The van der Waals surface area contributed by atoms with Crippen LogP contribution in [0.5, 0.6) is 0 Å². The van der Waals surface area contributed by atoms with E-state index in [1.54, 1.807) is 0 Å². The lowest BCUT2D eigenvalue weighted by atomic mass is 9.85. The van der Waals surface area contributed by atoms with Gasteiger partial charge in [0.25, 0.3) is 0 Å². The Morgan fingerprint density at radius 1 is 1.33 bits per heavy atom. The maximum atomic E-state index is 10.8. The number of nitrogens with zero attached hydrogens (tertiary/aromatic N) is 1. The van der Waals surface area contributed by atoms with Crippen molar-refractivity contribution in [1.82, 2.24) is 0 Å². The third-order valence-corrected chi connectivity index (χ3v) is 4.65. The number of carbonyl (C=O) groups is 1. The molecule has 0 aliphatic carbocycles. The van der Waals surface area contributed by atoms with Gasteiger partial charge in [0.1, 0.15) is 6.29 Å². The summed E-state index contributed by atoms with van der Waals surface area (Å²) in [5.74, 6) is 1.42. The number of rotatable bonds is 2. The third-order valence-electron chi connectivity index (χ3n) is 4.01. The normalized spacial score (nSPS) is 28.2. The molecule has 1 saturated heterocycles. The topological polar surface area (TPSA) is 20.3 Å². The zero-order chi connectivity index (χ0) is 13.3. The Kier molecular flexibility index (Phi) is 4.10. The van der Waals surface area contributed by atoms with Crippen molar-refractivity contribution in [1.29, 1.82) is 0 Å². The van der Waals surface area contributed by atoms with Crippen LogP contribution in [0, 0.1) is 11.8 Å². The lowest BCUT2D eigenvalue weighted by molar-refractivity contribution is 0.112. The molecule has 1 aliphatic rings. The molecule has 2 nitrogen and oxygen atoms in total. The van der Waals surface area contributed by atoms with E-state index in [-0.39, 0.29) is 0 Å². The van der Waals surface area contributed by atoms with Crippen LogP contribution in [0.15, 0.2) is 22.7 Å². The largest absolute Gasteiger partial charge is 0.367 e. The second kappa shape index (κ2) is 5.43. The molecule has 1 aromatic carbocycles. The highest BCUT2D eigenvalue weighted by atomic mass is 79.9. The number of piperidine rings is 1. The molecule has 0 saturated carbocycles. The molecule has 0 aromatic heterocycles. The maximum Gasteiger partial charge on any atom is 0.150 e. The van der Waals surface area contributed by atoms with E-state index in [0.717, 1.165) is 22.9 Å². The first kappa shape index (κ1) is 13.6. The first-order valence-corrected chi connectivity index (χ1v) is 7.33. The molecular formula is C15H20BrNO. The predicted octanol–water partition coefficient (Wildman–Crippen LogP) is 4.13. The fourth-order valence-corrected chi connectivity index (χ4v) is 3.49. The van der Waals surface area contributed by atoms with Crippen LogP contribution in [-0.2, 0) is 0 Å². The lowest BCUT2D eigenvalue weighted by Crippen LogP contribution is -2.46. The number of hydrogen-bond acceptors (Lipinski definition) is 2. The Balaban J connectivity index is 2.32. The monoisotopic (exact) mass is 309 g/mol. The molecule has 18 heavy (non-hydrogen) atoms. The second-order valence-corrected chi connectivity index (χ2v) is 6.39. The zero-order valence-electron chi connectivity index (χ0n) is 11.2. The molecule has 0 radical (unpaired) electrons. The minimum atomic E-state index is 0.541. The van der Waals surface area contributed by atoms with Crippen LogP contribution in [0.4, 0.5) is 5.69 Å². The third kappa shape index (κ3) is 2.61. The molecule has 0 N–H and O–H groups in total. The lowest BCUT2D eigenvalue weighted by Gasteiger charge is -2.43. The summed E-state index contributed by atoms with van der Waals surface area (Å²) in [6.45, 7) is 8.01. The van der Waals surface area contributed by atoms with Crippen molar-refractivity contribution in [2.75, 3.05) is 11.4 Å². The van der Waals surface area contributed by atoms with E-state index in [0.29, 0.717) is 17.9 Å². The SMILES string of the molecule is CC1CC(C)C(C)N(c2ccc(C=O)cc2Br)C1. The number of carbonyl (C=O) groups excluding carboxylic acids is 1. The maximum absolute atomic E-state index is 10.8. The van der Waals surface area contributed by atoms with Gasteiger partial charge in [-0.15, -0.1) is 0 Å². The van der Waals surface area contributed by atoms with Gasteiger partial charge in [-0.25, -0.2) is 0 Å². The summed E-state index contributed by atoms with van der Waals surface area (Å²) < 4.78 is 1.01. The zero-order valence-corrected chi connectivity index (χ0v) is 12.8. The highest BCUT2D eigenvalue weighted by Gasteiger charge is 2.29. The summed E-state index contributed by atoms with van der Waals surface area (Å²) in [5, 5.41) is 0. The fourth-order valence-electron chi connectivity index (χ4n) is 2.86. The van der Waals surface area contributed by atoms with Crippen molar-refractivity contribution >= 4 is 27.9 Å². The molecule has 98 valence electrons. The molecule has 2 rings (SSSR count). The van der Waals surface area contributed by atoms with Gasteiger partial charge in [0.2, 0.25) is 0 Å². The molecule has 1 fully saturated rings. The van der Waals surface area contributed by atoms with E-state index >= 15 is 0 Å². The highest BCUT2D eigenvalue weighted by molar-refractivity contribution is 9.10. The molecule has 1 aliphatic heterocycles. The summed E-state index contributed by atoms with van der Waals surface area (Å²) in [4.78, 5) is 13.2. The van der Waals surface area contributed by atoms with Crippen molar-refractivity contribution < 1.29 is 4.79 Å². The van der Waals surface area contributed by atoms with Crippen molar-refractivity contribution in [3.05, 3.63) is 28.2 Å². The molecule has 3 heteroatoms. The van der Waals surface area contributed by atoms with Gasteiger partial charge in [-0.2, -0.15) is 0 Å². The molecule has 1 aromatic rings. The average Bonchev–Trinajstić information content (AvgIpc) is 2.34. The predicted molar refractivity (Wildman–Crippen MR) is 79.3 cm³/mol. The van der Waals surface area contributed by atoms with Crippen molar-refractivity contribution in [2.24, 2.45) is 11.8 Å². The Bertz CT molecular complexity index is 446. The minimum Gasteiger partial charge on any atom is -0.367 e. The summed E-state index contributed by atoms with van der Waals surface area (Å²) in [6.07, 6.45) is 2.18. The quantitative estimate of drug-likeness (QED) is 0.766. The summed E-state index contributed by atoms with van der Waals surface area (Å²) in [7, 11) is 0. The van der Waals surface area contributed by atoms with Crippen LogP contribution in [0.3, 0.4) is 0 Å². The van der Waals surface area contributed by atoms with Gasteiger partial charge < -0.3 is 4.90 Å². The number of anilines is 1. The number of hydrogen-bond donors (Lipinski definition) is 0. The first-order chi connectivity index (χ1) is 8.52. The fraction of sp³-hybridized carbons (Fsp3) is 0.533. The highest BCUT2D eigenvalue weighted by Crippen LogP contribution is 2.35. The van der Waals surface area contributed by atoms with Crippen LogP contribution >= 0.6 is 15.9 Å². The van der Waals surface area contributed by atoms with Crippen molar-refractivity contribution in [3.63, 3.8) is 0 Å². The Morgan fingerprint density at radius 3 is 2.67 bits per heavy atom. The Hall–Kier alpha value is -0.830. The van der Waals surface area contributed by atoms with E-state index in [1.807, 2.05) is 12.1 Å². The van der Waals surface area contributed by atoms with Crippen LogP contribution in [0.2, 0.25) is 0 Å². The van der Waals surface area contributed by atoms with Gasteiger partial charge in [-0.3, -0.25) is 4.79 Å². The standard InChI is InChI=1S/C15H20BrNO/c1-10-6-11(2)12(3)17(8-10)15-5-4-13(9-18)7-14(15)16/h4-5,7,9-12H,6,8H2,1-3H3. The smallest absolute Gasteiger partial charge is 0.150 e. The van der Waals surface area contributed by atoms with Crippen LogP contribution < -0.4 is 4.90 Å². The second-order valence-electron chi connectivity index (χ2n) is 5.54. The molecule has 0 spiro atoms. The van der Waals surface area contributed by atoms with Gasteiger partial charge in [0.05, 0.1) is 5.69 Å². The van der Waals surface area contributed by atoms with Gasteiger partial charge in [-0.1, -0.05) is 13.8 Å². The Morgan fingerprint density at radius 2 is 2.06 bits per heavy atom. The van der Waals surface area contributed by atoms with Crippen molar-refractivity contribution in [3.8, 4) is 0 Å². The number of halogens is 1. The van der Waals surface area contributed by atoms with E-state index < -0.39 is 0 Å². The molecular weight excluding hydrogens is 290 g/mol. The molecule has 3 atom stereocenters. The number of benzene rings is 1. The van der Waals surface area contributed by atoms with Crippen molar-refractivity contribution in [2.45, 2.75) is 33.2 Å². The van der Waals surface area contributed by atoms with Gasteiger partial charge in [0, 0.05) is 22.6 Å². The average molecular weight is 310 g/mol.